The highest BCUT2D eigenvalue weighted by Crippen LogP contribution is 2.34. The average molecular weight is 298 g/mol. The van der Waals surface area contributed by atoms with Gasteiger partial charge in [0.2, 0.25) is 0 Å². The zero-order chi connectivity index (χ0) is 15.1. The first kappa shape index (κ1) is 13.3. The molecule has 0 bridgehead atoms. The van der Waals surface area contributed by atoms with Crippen molar-refractivity contribution >= 4 is 11.7 Å². The van der Waals surface area contributed by atoms with Gasteiger partial charge in [-0.05, 0) is 25.0 Å². The van der Waals surface area contributed by atoms with E-state index in [2.05, 4.69) is 4.98 Å². The summed E-state index contributed by atoms with van der Waals surface area (Å²) in [6, 6.07) is 7.88. The molecule has 2 aliphatic rings. The molecule has 2 aromatic rings. The molecule has 0 saturated carbocycles. The van der Waals surface area contributed by atoms with E-state index in [1.807, 2.05) is 33.7 Å². The Bertz CT molecular complexity index is 719. The molecule has 6 nitrogen and oxygen atoms in total. The molecule has 3 heterocycles. The summed E-state index contributed by atoms with van der Waals surface area (Å²) in [7, 11) is 0. The first-order valence-electron chi connectivity index (χ1n) is 7.61. The predicted octanol–water partition coefficient (Wildman–Crippen LogP) is 1.90. The van der Waals surface area contributed by atoms with Crippen molar-refractivity contribution in [3.8, 4) is 5.69 Å². The number of anilines is 1. The highest BCUT2D eigenvalue weighted by atomic mass is 16.3. The van der Waals surface area contributed by atoms with Crippen LogP contribution >= 0.6 is 0 Å². The third kappa shape index (κ3) is 1.91. The van der Waals surface area contributed by atoms with Crippen molar-refractivity contribution in [2.45, 2.75) is 26.0 Å². The van der Waals surface area contributed by atoms with Gasteiger partial charge in [-0.15, -0.1) is 0 Å². The van der Waals surface area contributed by atoms with E-state index in [-0.39, 0.29) is 12.6 Å². The van der Waals surface area contributed by atoms with Crippen LogP contribution in [0.4, 0.5) is 10.5 Å². The summed E-state index contributed by atoms with van der Waals surface area (Å²) in [5, 5.41) is 9.48. The maximum Gasteiger partial charge on any atom is 0.324 e. The second kappa shape index (κ2) is 5.14. The molecule has 1 fully saturated rings. The van der Waals surface area contributed by atoms with Crippen LogP contribution in [0.2, 0.25) is 0 Å². The lowest BCUT2D eigenvalue weighted by Crippen LogP contribution is -2.43. The summed E-state index contributed by atoms with van der Waals surface area (Å²) in [5.74, 6) is 0. The SMILES string of the molecule is O=C(N1CCCC1)N1Cc2c(CO)ncn2-c2ccccc21. The highest BCUT2D eigenvalue weighted by Gasteiger charge is 2.31. The summed E-state index contributed by atoms with van der Waals surface area (Å²) in [6.45, 7) is 1.98. The maximum atomic E-state index is 12.9. The summed E-state index contributed by atoms with van der Waals surface area (Å²) < 4.78 is 1.97. The van der Waals surface area contributed by atoms with E-state index in [0.717, 1.165) is 43.0 Å². The fraction of sp³-hybridized carbons (Fsp3) is 0.375. The van der Waals surface area contributed by atoms with Crippen LogP contribution in [-0.4, -0.2) is 38.7 Å². The second-order valence-electron chi connectivity index (χ2n) is 5.72. The number of nitrogens with zero attached hydrogens (tertiary/aromatic N) is 4. The Morgan fingerprint density at radius 2 is 1.91 bits per heavy atom. The molecule has 6 heteroatoms. The van der Waals surface area contributed by atoms with Crippen molar-refractivity contribution in [2.75, 3.05) is 18.0 Å². The van der Waals surface area contributed by atoms with Gasteiger partial charge in [0.1, 0.15) is 0 Å². The monoisotopic (exact) mass is 298 g/mol. The number of carbonyl (C=O) groups excluding carboxylic acids is 1. The van der Waals surface area contributed by atoms with Gasteiger partial charge in [-0.3, -0.25) is 9.47 Å². The number of aliphatic hydroxyl groups is 1. The fourth-order valence-electron chi connectivity index (χ4n) is 3.30. The summed E-state index contributed by atoms with van der Waals surface area (Å²) in [6.07, 6.45) is 3.86. The van der Waals surface area contributed by atoms with Crippen molar-refractivity contribution in [3.63, 3.8) is 0 Å². The number of aliphatic hydroxyl groups excluding tert-OH is 1. The number of para-hydroxylation sites is 2. The van der Waals surface area contributed by atoms with Crippen LogP contribution in [0.3, 0.4) is 0 Å². The Labute approximate surface area is 128 Å². The van der Waals surface area contributed by atoms with E-state index < -0.39 is 0 Å². The van der Waals surface area contributed by atoms with Crippen molar-refractivity contribution in [3.05, 3.63) is 42.0 Å². The molecule has 0 radical (unpaired) electrons. The summed E-state index contributed by atoms with van der Waals surface area (Å²) in [4.78, 5) is 20.8. The molecule has 1 aromatic carbocycles. The highest BCUT2D eigenvalue weighted by molar-refractivity contribution is 5.95. The minimum absolute atomic E-state index is 0.0429. The number of likely N-dealkylation sites (tertiary alicyclic amines) is 1. The Morgan fingerprint density at radius 3 is 2.64 bits per heavy atom. The van der Waals surface area contributed by atoms with Crippen LogP contribution in [0.15, 0.2) is 30.6 Å². The molecule has 22 heavy (non-hydrogen) atoms. The Hall–Kier alpha value is -2.34. The minimum Gasteiger partial charge on any atom is -0.390 e. The molecule has 114 valence electrons. The molecular formula is C16H18N4O2. The molecule has 4 rings (SSSR count). The Balaban J connectivity index is 1.79. The molecule has 0 unspecified atom stereocenters. The molecule has 0 atom stereocenters. The fourth-order valence-corrected chi connectivity index (χ4v) is 3.30. The summed E-state index contributed by atoms with van der Waals surface area (Å²) >= 11 is 0. The van der Waals surface area contributed by atoms with Crippen LogP contribution in [0.1, 0.15) is 24.2 Å². The smallest absolute Gasteiger partial charge is 0.324 e. The van der Waals surface area contributed by atoms with Gasteiger partial charge >= 0.3 is 6.03 Å². The molecule has 1 saturated heterocycles. The van der Waals surface area contributed by atoms with Crippen LogP contribution in [-0.2, 0) is 13.2 Å². The number of urea groups is 1. The first-order chi connectivity index (χ1) is 10.8. The van der Waals surface area contributed by atoms with E-state index >= 15 is 0 Å². The molecule has 0 aliphatic carbocycles. The van der Waals surface area contributed by atoms with Crippen molar-refractivity contribution in [1.82, 2.24) is 14.5 Å². The third-order valence-electron chi connectivity index (χ3n) is 4.45. The van der Waals surface area contributed by atoms with Gasteiger partial charge in [0, 0.05) is 13.1 Å². The quantitative estimate of drug-likeness (QED) is 0.874. The number of imidazole rings is 1. The standard InChI is InChI=1S/C16H18N4O2/c21-10-12-15-9-19(16(22)18-7-3-4-8-18)13-5-1-2-6-14(13)20(15)11-17-12/h1-2,5-6,11,21H,3-4,7-10H2. The number of aromatic nitrogens is 2. The van der Waals surface area contributed by atoms with Gasteiger partial charge in [-0.2, -0.15) is 0 Å². The van der Waals surface area contributed by atoms with Crippen LogP contribution in [0, 0.1) is 0 Å². The lowest BCUT2D eigenvalue weighted by atomic mass is 10.1. The minimum atomic E-state index is -0.115. The van der Waals surface area contributed by atoms with Crippen molar-refractivity contribution < 1.29 is 9.90 Å². The van der Waals surface area contributed by atoms with Crippen molar-refractivity contribution in [1.29, 1.82) is 0 Å². The number of hydrogen-bond donors (Lipinski definition) is 1. The van der Waals surface area contributed by atoms with E-state index in [1.165, 1.54) is 0 Å². The van der Waals surface area contributed by atoms with Gasteiger partial charge in [0.05, 0.1) is 42.2 Å². The lowest BCUT2D eigenvalue weighted by molar-refractivity contribution is 0.214. The number of carbonyl (C=O) groups is 1. The van der Waals surface area contributed by atoms with E-state index in [0.29, 0.717) is 12.2 Å². The van der Waals surface area contributed by atoms with Crippen molar-refractivity contribution in [2.24, 2.45) is 0 Å². The summed E-state index contributed by atoms with van der Waals surface area (Å²) in [5.41, 5.74) is 3.35. The number of hydrogen-bond acceptors (Lipinski definition) is 3. The largest absolute Gasteiger partial charge is 0.390 e. The van der Waals surface area contributed by atoms with Crippen LogP contribution in [0.5, 0.6) is 0 Å². The van der Waals surface area contributed by atoms with Crippen LogP contribution < -0.4 is 4.90 Å². The third-order valence-corrected chi connectivity index (χ3v) is 4.45. The maximum absolute atomic E-state index is 12.9. The van der Waals surface area contributed by atoms with E-state index in [9.17, 15) is 9.90 Å². The number of fused-ring (bicyclic) bond motifs is 3. The average Bonchev–Trinajstić information content (AvgIpc) is 3.22. The molecule has 0 spiro atoms. The second-order valence-corrected chi connectivity index (χ2v) is 5.72. The zero-order valence-electron chi connectivity index (χ0n) is 12.3. The molecule has 2 aliphatic heterocycles. The topological polar surface area (TPSA) is 61.6 Å². The molecule has 1 N–H and O–H groups in total. The molecule has 2 amide bonds. The predicted molar refractivity (Wildman–Crippen MR) is 81.9 cm³/mol. The Morgan fingerprint density at radius 1 is 1.18 bits per heavy atom. The normalized spacial score (nSPS) is 16.6. The molecule has 1 aromatic heterocycles. The van der Waals surface area contributed by atoms with Crippen LogP contribution in [0.25, 0.3) is 5.69 Å². The van der Waals surface area contributed by atoms with Gasteiger partial charge in [0.25, 0.3) is 0 Å². The Kier molecular flexibility index (Phi) is 3.11. The first-order valence-corrected chi connectivity index (χ1v) is 7.61. The van der Waals surface area contributed by atoms with Gasteiger partial charge < -0.3 is 10.0 Å². The zero-order valence-corrected chi connectivity index (χ0v) is 12.3. The number of benzene rings is 1. The number of rotatable bonds is 1. The van der Waals surface area contributed by atoms with Gasteiger partial charge in [-0.25, -0.2) is 9.78 Å². The van der Waals surface area contributed by atoms with Gasteiger partial charge in [0.15, 0.2) is 0 Å². The lowest BCUT2D eigenvalue weighted by Gasteiger charge is -2.33. The van der Waals surface area contributed by atoms with E-state index in [4.69, 9.17) is 0 Å². The van der Waals surface area contributed by atoms with Gasteiger partial charge in [-0.1, -0.05) is 12.1 Å². The van der Waals surface area contributed by atoms with E-state index in [1.54, 1.807) is 11.2 Å². The number of amides is 2. The molecular weight excluding hydrogens is 280 g/mol.